The fourth-order valence-electron chi connectivity index (χ4n) is 2.20. The Morgan fingerprint density at radius 3 is 2.41 bits per heavy atom. The van der Waals surface area contributed by atoms with Crippen LogP contribution in [-0.2, 0) is 15.7 Å². The number of anilines is 1. The predicted molar refractivity (Wildman–Crippen MR) is 89.6 cm³/mol. The first-order chi connectivity index (χ1) is 12.6. The summed E-state index contributed by atoms with van der Waals surface area (Å²) < 4.78 is 48.7. The predicted octanol–water partition coefficient (Wildman–Crippen LogP) is 3.60. The molecule has 1 unspecified atom stereocenters. The molecule has 0 radical (unpaired) electrons. The van der Waals surface area contributed by atoms with E-state index in [9.17, 15) is 27.9 Å². The van der Waals surface area contributed by atoms with Gasteiger partial charge in [0.2, 0.25) is 0 Å². The minimum Gasteiger partial charge on any atom is -0.504 e. The van der Waals surface area contributed by atoms with Crippen molar-refractivity contribution in [3.63, 3.8) is 0 Å². The van der Waals surface area contributed by atoms with Crippen LogP contribution in [0.2, 0.25) is 0 Å². The van der Waals surface area contributed by atoms with Gasteiger partial charge in [0.1, 0.15) is 5.56 Å². The van der Waals surface area contributed by atoms with Crippen LogP contribution in [0.15, 0.2) is 42.5 Å². The number of hydrogen-bond acceptors (Lipinski definition) is 5. The third-order valence-corrected chi connectivity index (χ3v) is 3.58. The molecular weight excluding hydrogens is 367 g/mol. The minimum absolute atomic E-state index is 0.0284. The summed E-state index contributed by atoms with van der Waals surface area (Å²) in [7, 11) is 1.29. The third kappa shape index (κ3) is 4.69. The molecular formula is C18H16F3NO5. The van der Waals surface area contributed by atoms with Gasteiger partial charge in [-0.3, -0.25) is 4.79 Å². The molecule has 2 N–H and O–H groups in total. The van der Waals surface area contributed by atoms with E-state index >= 15 is 0 Å². The van der Waals surface area contributed by atoms with Gasteiger partial charge in [0.05, 0.1) is 18.4 Å². The zero-order valence-electron chi connectivity index (χ0n) is 14.3. The van der Waals surface area contributed by atoms with Crippen molar-refractivity contribution in [2.24, 2.45) is 0 Å². The van der Waals surface area contributed by atoms with Gasteiger partial charge in [-0.2, -0.15) is 13.2 Å². The van der Waals surface area contributed by atoms with Gasteiger partial charge in [-0.1, -0.05) is 18.2 Å². The van der Waals surface area contributed by atoms with Crippen LogP contribution in [0.25, 0.3) is 0 Å². The second-order valence-electron chi connectivity index (χ2n) is 5.44. The van der Waals surface area contributed by atoms with Crippen molar-refractivity contribution in [1.82, 2.24) is 0 Å². The topological polar surface area (TPSA) is 84.9 Å². The zero-order valence-corrected chi connectivity index (χ0v) is 14.3. The van der Waals surface area contributed by atoms with Crippen molar-refractivity contribution in [2.45, 2.75) is 19.2 Å². The maximum absolute atomic E-state index is 13.0. The summed E-state index contributed by atoms with van der Waals surface area (Å²) in [5.41, 5.74) is -1.73. The lowest BCUT2D eigenvalue weighted by Crippen LogP contribution is -2.30. The van der Waals surface area contributed by atoms with Crippen LogP contribution in [-0.4, -0.2) is 30.2 Å². The molecule has 0 saturated heterocycles. The van der Waals surface area contributed by atoms with E-state index in [0.717, 1.165) is 12.1 Å². The van der Waals surface area contributed by atoms with Gasteiger partial charge < -0.3 is 19.9 Å². The Morgan fingerprint density at radius 2 is 1.78 bits per heavy atom. The van der Waals surface area contributed by atoms with Gasteiger partial charge in [0.25, 0.3) is 5.91 Å². The summed E-state index contributed by atoms with van der Waals surface area (Å²) in [5.74, 6) is -2.43. The normalized spacial score (nSPS) is 12.2. The largest absolute Gasteiger partial charge is 0.504 e. The summed E-state index contributed by atoms with van der Waals surface area (Å²) in [6.07, 6.45) is -6.07. The number of nitrogens with one attached hydrogen (secondary N) is 1. The third-order valence-electron chi connectivity index (χ3n) is 3.58. The number of esters is 1. The number of phenolic OH excluding ortho intramolecular Hbond substituents is 1. The van der Waals surface area contributed by atoms with Crippen LogP contribution in [0.4, 0.5) is 18.9 Å². The van der Waals surface area contributed by atoms with Crippen molar-refractivity contribution >= 4 is 17.6 Å². The summed E-state index contributed by atoms with van der Waals surface area (Å²) in [4.78, 5) is 24.3. The van der Waals surface area contributed by atoms with E-state index in [1.165, 1.54) is 44.4 Å². The van der Waals surface area contributed by atoms with Gasteiger partial charge in [-0.05, 0) is 31.2 Å². The van der Waals surface area contributed by atoms with Crippen LogP contribution in [0.3, 0.4) is 0 Å². The van der Waals surface area contributed by atoms with Gasteiger partial charge in [-0.25, -0.2) is 4.79 Å². The molecule has 0 heterocycles. The molecule has 1 atom stereocenters. The summed E-state index contributed by atoms with van der Waals surface area (Å²) >= 11 is 0. The molecule has 0 fully saturated rings. The van der Waals surface area contributed by atoms with Gasteiger partial charge in [0.15, 0.2) is 17.6 Å². The number of aromatic hydroxyl groups is 1. The molecule has 0 aromatic heterocycles. The smallest absolute Gasteiger partial charge is 0.418 e. The Morgan fingerprint density at radius 1 is 1.11 bits per heavy atom. The number of carbonyl (C=O) groups is 2. The molecule has 6 nitrogen and oxygen atoms in total. The fraction of sp³-hybridized carbons (Fsp3) is 0.222. The number of halogens is 3. The maximum Gasteiger partial charge on any atom is 0.418 e. The van der Waals surface area contributed by atoms with Gasteiger partial charge >= 0.3 is 12.1 Å². The minimum atomic E-state index is -4.66. The van der Waals surface area contributed by atoms with Crippen LogP contribution >= 0.6 is 0 Å². The first-order valence-electron chi connectivity index (χ1n) is 7.69. The van der Waals surface area contributed by atoms with Crippen molar-refractivity contribution in [2.75, 3.05) is 12.4 Å². The van der Waals surface area contributed by atoms with E-state index in [0.29, 0.717) is 0 Å². The number of hydrogen-bond donors (Lipinski definition) is 2. The Kier molecular flexibility index (Phi) is 5.94. The molecule has 27 heavy (non-hydrogen) atoms. The number of carbonyl (C=O) groups excluding carboxylic acids is 2. The molecule has 0 saturated carbocycles. The second kappa shape index (κ2) is 7.98. The molecule has 0 aliphatic rings. The quantitative estimate of drug-likeness (QED) is 0.771. The van der Waals surface area contributed by atoms with E-state index in [4.69, 9.17) is 9.47 Å². The second-order valence-corrected chi connectivity index (χ2v) is 5.44. The first-order valence-corrected chi connectivity index (χ1v) is 7.69. The molecule has 0 aliphatic heterocycles. The summed E-state index contributed by atoms with van der Waals surface area (Å²) in [6.45, 7) is 1.20. The van der Waals surface area contributed by atoms with Crippen LogP contribution in [0, 0.1) is 0 Å². The number of benzene rings is 2. The molecule has 2 aromatic carbocycles. The highest BCUT2D eigenvalue weighted by molar-refractivity contribution is 5.99. The molecule has 0 bridgehead atoms. The number of amides is 1. The van der Waals surface area contributed by atoms with Crippen molar-refractivity contribution in [3.8, 4) is 11.5 Å². The Hall–Kier alpha value is -3.23. The lowest BCUT2D eigenvalue weighted by Gasteiger charge is -2.17. The van der Waals surface area contributed by atoms with E-state index in [2.05, 4.69) is 5.32 Å². The lowest BCUT2D eigenvalue weighted by atomic mass is 10.1. The highest BCUT2D eigenvalue weighted by Crippen LogP contribution is 2.34. The number of methoxy groups -OCH3 is 1. The van der Waals surface area contributed by atoms with Gasteiger partial charge in [-0.15, -0.1) is 0 Å². The van der Waals surface area contributed by atoms with Crippen LogP contribution in [0.1, 0.15) is 22.8 Å². The Balaban J connectivity index is 2.12. The molecule has 9 heteroatoms. The standard InChI is InChI=1S/C18H16F3NO5/c1-10(27-17(25)11-6-5-9-14(26-2)15(11)23)16(24)22-13-8-4-3-7-12(13)18(19,20)21/h3-10,23H,1-2H3,(H,22,24). The number of phenols is 1. The average molecular weight is 383 g/mol. The number of rotatable bonds is 5. The fourth-order valence-corrected chi connectivity index (χ4v) is 2.20. The lowest BCUT2D eigenvalue weighted by molar-refractivity contribution is -0.137. The highest BCUT2D eigenvalue weighted by atomic mass is 19.4. The summed E-state index contributed by atoms with van der Waals surface area (Å²) in [5, 5.41) is 12.0. The molecule has 0 aliphatic carbocycles. The van der Waals surface area contributed by atoms with E-state index in [1.54, 1.807) is 0 Å². The van der Waals surface area contributed by atoms with Crippen LogP contribution < -0.4 is 10.1 Å². The van der Waals surface area contributed by atoms with Gasteiger partial charge in [0, 0.05) is 0 Å². The average Bonchev–Trinajstić information content (AvgIpc) is 2.61. The van der Waals surface area contributed by atoms with Crippen molar-refractivity contribution in [1.29, 1.82) is 0 Å². The molecule has 2 rings (SSSR count). The zero-order chi connectivity index (χ0) is 20.2. The highest BCUT2D eigenvalue weighted by Gasteiger charge is 2.34. The first kappa shape index (κ1) is 20.1. The Bertz CT molecular complexity index is 851. The number of alkyl halides is 3. The van der Waals surface area contributed by atoms with Crippen molar-refractivity contribution < 1.29 is 37.3 Å². The van der Waals surface area contributed by atoms with E-state index in [1.807, 2.05) is 0 Å². The molecule has 1 amide bonds. The summed E-state index contributed by atoms with van der Waals surface area (Å²) in [6, 6.07) is 8.52. The molecule has 0 spiro atoms. The molecule has 144 valence electrons. The van der Waals surface area contributed by atoms with Crippen LogP contribution in [0.5, 0.6) is 11.5 Å². The number of ether oxygens (including phenoxy) is 2. The van der Waals surface area contributed by atoms with Crippen molar-refractivity contribution in [3.05, 3.63) is 53.6 Å². The maximum atomic E-state index is 13.0. The number of para-hydroxylation sites is 2. The molecule has 2 aromatic rings. The van der Waals surface area contributed by atoms with E-state index < -0.39 is 41.2 Å². The monoisotopic (exact) mass is 383 g/mol. The van der Waals surface area contributed by atoms with E-state index in [-0.39, 0.29) is 11.3 Å². The SMILES string of the molecule is COc1cccc(C(=O)OC(C)C(=O)Nc2ccccc2C(F)(F)F)c1O. The Labute approximate surface area is 152 Å².